The van der Waals surface area contributed by atoms with Crippen molar-refractivity contribution in [3.8, 4) is 89.8 Å². The number of hydrogen-bond donors (Lipinski definition) is 0. The first-order valence-corrected chi connectivity index (χ1v) is 27.3. The minimum absolute atomic E-state index is 0.144. The van der Waals surface area contributed by atoms with Crippen LogP contribution in [-0.2, 0) is 10.8 Å². The standard InChI is InChI=1S/C64H49N3Si/c1-63(2)54-23-12-9-20-48(54)51-35-30-46(39-57(51)63)62-66-60(41-16-7-6-8-17-41)65-61(67-62)45-19-15-18-42(36-45)44-29-34-53-50-22-11-14-25-56(50)64(59(53)38-44)55-24-13-10-21-49(55)52-33-28-43(37-58(52)64)40-26-31-47(32-27-40)68(3,4)5/h6-39H,1-5H3. The Morgan fingerprint density at radius 2 is 0.676 bits per heavy atom. The summed E-state index contributed by atoms with van der Waals surface area (Å²) in [5.74, 6) is 1.96. The molecule has 0 bridgehead atoms. The van der Waals surface area contributed by atoms with Crippen molar-refractivity contribution in [1.29, 1.82) is 0 Å². The average molecular weight is 888 g/mol. The molecule has 324 valence electrons. The van der Waals surface area contributed by atoms with E-state index in [0.717, 1.165) is 27.8 Å². The lowest BCUT2D eigenvalue weighted by atomic mass is 9.70. The first-order valence-electron chi connectivity index (χ1n) is 23.8. The molecule has 9 aromatic carbocycles. The average Bonchev–Trinajstić information content (AvgIpc) is 3.94. The number of rotatable bonds is 6. The lowest BCUT2D eigenvalue weighted by Crippen LogP contribution is -2.37. The maximum atomic E-state index is 5.28. The maximum Gasteiger partial charge on any atom is 0.164 e. The Bertz CT molecular complexity index is 3680. The minimum Gasteiger partial charge on any atom is -0.208 e. The van der Waals surface area contributed by atoms with Crippen LogP contribution in [0.1, 0.15) is 47.2 Å². The topological polar surface area (TPSA) is 38.7 Å². The van der Waals surface area contributed by atoms with Crippen molar-refractivity contribution in [1.82, 2.24) is 15.0 Å². The summed E-state index contributed by atoms with van der Waals surface area (Å²) in [6.45, 7) is 11.9. The lowest BCUT2D eigenvalue weighted by molar-refractivity contribution is 0.660. The Kier molecular flexibility index (Phi) is 8.84. The van der Waals surface area contributed by atoms with Gasteiger partial charge in [-0.3, -0.25) is 0 Å². The summed E-state index contributed by atoms with van der Waals surface area (Å²) in [6, 6.07) is 76.3. The predicted molar refractivity (Wildman–Crippen MR) is 284 cm³/mol. The van der Waals surface area contributed by atoms with Crippen LogP contribution in [0.25, 0.3) is 89.8 Å². The molecule has 1 atom stereocenters. The lowest BCUT2D eigenvalue weighted by Gasteiger charge is -2.31. The Balaban J connectivity index is 0.953. The van der Waals surface area contributed by atoms with E-state index in [4.69, 9.17) is 15.0 Å². The summed E-state index contributed by atoms with van der Waals surface area (Å²) in [4.78, 5) is 15.6. The van der Waals surface area contributed by atoms with Gasteiger partial charge in [0, 0.05) is 22.1 Å². The summed E-state index contributed by atoms with van der Waals surface area (Å²) < 4.78 is 0. The molecule has 1 spiro atoms. The molecule has 3 nitrogen and oxygen atoms in total. The smallest absolute Gasteiger partial charge is 0.164 e. The second-order valence-corrected chi connectivity index (χ2v) is 25.5. The molecular weight excluding hydrogens is 839 g/mol. The zero-order valence-electron chi connectivity index (χ0n) is 39.0. The van der Waals surface area contributed by atoms with Gasteiger partial charge in [-0.15, -0.1) is 0 Å². The zero-order chi connectivity index (χ0) is 45.9. The Hall–Kier alpha value is -7.79. The summed E-state index contributed by atoms with van der Waals surface area (Å²) in [7, 11) is -1.44. The fourth-order valence-corrected chi connectivity index (χ4v) is 12.9. The number of fused-ring (bicyclic) bond motifs is 13. The molecule has 13 rings (SSSR count). The number of benzene rings is 9. The number of nitrogens with zero attached hydrogens (tertiary/aromatic N) is 3. The van der Waals surface area contributed by atoms with Gasteiger partial charge < -0.3 is 0 Å². The van der Waals surface area contributed by atoms with Gasteiger partial charge in [-0.05, 0) is 113 Å². The molecule has 3 aliphatic carbocycles. The molecule has 0 radical (unpaired) electrons. The quantitative estimate of drug-likeness (QED) is 0.156. The van der Waals surface area contributed by atoms with Gasteiger partial charge in [-0.25, -0.2) is 15.0 Å². The number of hydrogen-bond acceptors (Lipinski definition) is 3. The van der Waals surface area contributed by atoms with Crippen molar-refractivity contribution >= 4 is 13.3 Å². The maximum absolute atomic E-state index is 5.28. The van der Waals surface area contributed by atoms with E-state index in [1.54, 1.807) is 0 Å². The molecule has 1 unspecified atom stereocenters. The van der Waals surface area contributed by atoms with Crippen LogP contribution in [0.15, 0.2) is 206 Å². The van der Waals surface area contributed by atoms with Gasteiger partial charge in [0.25, 0.3) is 0 Å². The van der Waals surface area contributed by atoms with E-state index in [0.29, 0.717) is 17.5 Å². The molecule has 0 saturated heterocycles. The van der Waals surface area contributed by atoms with Crippen LogP contribution in [0.3, 0.4) is 0 Å². The van der Waals surface area contributed by atoms with Crippen molar-refractivity contribution in [2.45, 2.75) is 44.3 Å². The third kappa shape index (κ3) is 6.00. The molecule has 4 heteroatoms. The highest BCUT2D eigenvalue weighted by atomic mass is 28.3. The highest BCUT2D eigenvalue weighted by Crippen LogP contribution is 2.63. The first-order chi connectivity index (χ1) is 33.1. The summed E-state index contributed by atoms with van der Waals surface area (Å²) in [6.07, 6.45) is 0. The predicted octanol–water partition coefficient (Wildman–Crippen LogP) is 15.4. The van der Waals surface area contributed by atoms with Crippen molar-refractivity contribution in [3.63, 3.8) is 0 Å². The van der Waals surface area contributed by atoms with Gasteiger partial charge in [0.2, 0.25) is 0 Å². The van der Waals surface area contributed by atoms with E-state index in [9.17, 15) is 0 Å². The van der Waals surface area contributed by atoms with Crippen LogP contribution in [0.5, 0.6) is 0 Å². The van der Waals surface area contributed by atoms with Crippen molar-refractivity contribution in [2.24, 2.45) is 0 Å². The van der Waals surface area contributed by atoms with Crippen molar-refractivity contribution in [2.75, 3.05) is 0 Å². The van der Waals surface area contributed by atoms with Crippen LogP contribution >= 0.6 is 0 Å². The largest absolute Gasteiger partial charge is 0.208 e. The fraction of sp³-hybridized carbons (Fsp3) is 0.109. The van der Waals surface area contributed by atoms with Gasteiger partial charge in [-0.1, -0.05) is 221 Å². The van der Waals surface area contributed by atoms with Gasteiger partial charge in [0.05, 0.1) is 13.5 Å². The van der Waals surface area contributed by atoms with Gasteiger partial charge in [0.1, 0.15) is 0 Å². The molecule has 1 aromatic heterocycles. The van der Waals surface area contributed by atoms with Crippen LogP contribution in [0, 0.1) is 0 Å². The third-order valence-electron chi connectivity index (χ3n) is 15.1. The molecule has 68 heavy (non-hydrogen) atoms. The van der Waals surface area contributed by atoms with E-state index in [2.05, 4.69) is 222 Å². The van der Waals surface area contributed by atoms with Crippen LogP contribution in [-0.4, -0.2) is 23.0 Å². The minimum atomic E-state index is -1.44. The fourth-order valence-electron chi connectivity index (χ4n) is 11.7. The van der Waals surface area contributed by atoms with Gasteiger partial charge in [0.15, 0.2) is 17.5 Å². The monoisotopic (exact) mass is 887 g/mol. The number of aromatic nitrogens is 3. The van der Waals surface area contributed by atoms with E-state index in [-0.39, 0.29) is 5.41 Å². The first kappa shape index (κ1) is 40.5. The summed E-state index contributed by atoms with van der Waals surface area (Å²) in [5.41, 5.74) is 22.7. The molecule has 1 heterocycles. The van der Waals surface area contributed by atoms with Crippen LogP contribution < -0.4 is 5.19 Å². The van der Waals surface area contributed by atoms with E-state index >= 15 is 0 Å². The highest BCUT2D eigenvalue weighted by Gasteiger charge is 2.51. The molecule has 0 saturated carbocycles. The normalized spacial score (nSPS) is 15.6. The molecule has 10 aromatic rings. The highest BCUT2D eigenvalue weighted by molar-refractivity contribution is 6.88. The Morgan fingerprint density at radius 1 is 0.294 bits per heavy atom. The zero-order valence-corrected chi connectivity index (χ0v) is 40.0. The molecule has 0 amide bonds. The summed E-state index contributed by atoms with van der Waals surface area (Å²) >= 11 is 0. The summed E-state index contributed by atoms with van der Waals surface area (Å²) in [5, 5.41) is 1.48. The second-order valence-electron chi connectivity index (χ2n) is 20.4. The van der Waals surface area contributed by atoms with Crippen LogP contribution in [0.4, 0.5) is 0 Å². The van der Waals surface area contributed by atoms with Crippen LogP contribution in [0.2, 0.25) is 19.6 Å². The second kappa shape index (κ2) is 14.9. The van der Waals surface area contributed by atoms with Gasteiger partial charge in [-0.2, -0.15) is 0 Å². The Labute approximate surface area is 400 Å². The molecule has 0 N–H and O–H groups in total. The van der Waals surface area contributed by atoms with Crippen molar-refractivity contribution in [3.05, 3.63) is 240 Å². The molecule has 0 fully saturated rings. The van der Waals surface area contributed by atoms with E-state index < -0.39 is 13.5 Å². The molecule has 0 aliphatic heterocycles. The van der Waals surface area contributed by atoms with E-state index in [1.807, 2.05) is 18.2 Å². The SMILES string of the molecule is CC1(C)c2ccccc2-c2ccc(-c3nc(-c4ccccc4)nc(-c4cccc(-c5ccc6c(c5)C5(c7ccccc7-c7ccc(-c8ccc([Si](C)(C)C)cc8)cc75)c5ccccc5-6)c4)n3)cc21. The molecule has 3 aliphatic rings. The molecular formula is C64H49N3Si. The Morgan fingerprint density at radius 3 is 1.26 bits per heavy atom. The third-order valence-corrected chi connectivity index (χ3v) is 17.2. The van der Waals surface area contributed by atoms with Crippen molar-refractivity contribution < 1.29 is 0 Å². The van der Waals surface area contributed by atoms with Gasteiger partial charge >= 0.3 is 0 Å². The van der Waals surface area contributed by atoms with E-state index in [1.165, 1.54) is 83.1 Å².